The van der Waals surface area contributed by atoms with Crippen LogP contribution in [-0.4, -0.2) is 4.57 Å². The minimum atomic E-state index is -0.467. The second-order valence-corrected chi connectivity index (χ2v) is 17.2. The summed E-state index contributed by atoms with van der Waals surface area (Å²) in [7, 11) is 0. The lowest BCUT2D eigenvalue weighted by Gasteiger charge is -2.34. The van der Waals surface area contributed by atoms with Gasteiger partial charge in [-0.3, -0.25) is 0 Å². The van der Waals surface area contributed by atoms with Gasteiger partial charge >= 0.3 is 0 Å². The van der Waals surface area contributed by atoms with Gasteiger partial charge in [-0.1, -0.05) is 188 Å². The van der Waals surface area contributed by atoms with Gasteiger partial charge < -0.3 is 9.47 Å². The molecule has 0 atom stereocenters. The first-order chi connectivity index (χ1) is 32.2. The van der Waals surface area contributed by atoms with Gasteiger partial charge in [-0.25, -0.2) is 0 Å². The smallest absolute Gasteiger partial charge is 0.0713 e. The average molecular weight is 827 g/mol. The molecule has 1 aliphatic rings. The van der Waals surface area contributed by atoms with Gasteiger partial charge in [0.15, 0.2) is 0 Å². The predicted octanol–water partition coefficient (Wildman–Crippen LogP) is 16.6. The van der Waals surface area contributed by atoms with Gasteiger partial charge in [0, 0.05) is 33.5 Å². The molecule has 12 aromatic rings. The van der Waals surface area contributed by atoms with E-state index < -0.39 is 5.41 Å². The van der Waals surface area contributed by atoms with Crippen molar-refractivity contribution in [3.05, 3.63) is 277 Å². The molecule has 0 aliphatic heterocycles. The molecule has 0 spiro atoms. The van der Waals surface area contributed by atoms with Crippen LogP contribution in [0.1, 0.15) is 22.3 Å². The van der Waals surface area contributed by atoms with Crippen molar-refractivity contribution in [2.45, 2.75) is 5.41 Å². The van der Waals surface area contributed by atoms with Crippen LogP contribution in [0.15, 0.2) is 255 Å². The van der Waals surface area contributed by atoms with E-state index in [-0.39, 0.29) is 0 Å². The van der Waals surface area contributed by atoms with Crippen molar-refractivity contribution in [1.82, 2.24) is 4.57 Å². The van der Waals surface area contributed by atoms with E-state index in [1.807, 2.05) is 0 Å². The third-order valence-electron chi connectivity index (χ3n) is 13.9. The number of nitrogens with zero attached hydrogens (tertiary/aromatic N) is 2. The maximum atomic E-state index is 2.47. The molecule has 304 valence electrons. The van der Waals surface area contributed by atoms with Crippen LogP contribution in [0.5, 0.6) is 0 Å². The molecule has 65 heavy (non-hydrogen) atoms. The molecule has 0 amide bonds. The van der Waals surface area contributed by atoms with Crippen molar-refractivity contribution in [2.75, 3.05) is 4.90 Å². The molecule has 0 fully saturated rings. The van der Waals surface area contributed by atoms with Crippen LogP contribution in [0.25, 0.3) is 71.3 Å². The quantitative estimate of drug-likeness (QED) is 0.145. The fraction of sp³-hybridized carbons (Fsp3) is 0.0159. The fourth-order valence-corrected chi connectivity index (χ4v) is 11.0. The van der Waals surface area contributed by atoms with Gasteiger partial charge in [0.1, 0.15) is 0 Å². The third-order valence-corrected chi connectivity index (χ3v) is 13.9. The van der Waals surface area contributed by atoms with Gasteiger partial charge in [-0.05, 0) is 133 Å². The molecule has 13 rings (SSSR count). The Kier molecular flexibility index (Phi) is 8.47. The molecular weight excluding hydrogens is 785 g/mol. The largest absolute Gasteiger partial charge is 0.310 e. The highest BCUT2D eigenvalue weighted by Crippen LogP contribution is 2.56. The zero-order chi connectivity index (χ0) is 42.9. The van der Waals surface area contributed by atoms with E-state index in [2.05, 4.69) is 264 Å². The summed E-state index contributed by atoms with van der Waals surface area (Å²) in [6, 6.07) is 93.8. The molecule has 0 bridgehead atoms. The van der Waals surface area contributed by atoms with Crippen molar-refractivity contribution in [1.29, 1.82) is 0 Å². The SMILES string of the molecule is c1ccc(-c2ccc(N(c3ccc(-n4c5ccccc5c5cc(C6(c7ccccc7)c7ccccc7-c7ccccc76)ccc54)cc3)c3ccc4ccc5ccccc5c4c3)cc2)cc1. The van der Waals surface area contributed by atoms with E-state index in [4.69, 9.17) is 0 Å². The van der Waals surface area contributed by atoms with Crippen molar-refractivity contribution >= 4 is 60.4 Å². The van der Waals surface area contributed by atoms with Gasteiger partial charge in [-0.2, -0.15) is 0 Å². The third kappa shape index (κ3) is 5.74. The number of hydrogen-bond donors (Lipinski definition) is 0. The first-order valence-corrected chi connectivity index (χ1v) is 22.5. The highest BCUT2D eigenvalue weighted by Gasteiger charge is 2.46. The second-order valence-electron chi connectivity index (χ2n) is 17.2. The van der Waals surface area contributed by atoms with Crippen LogP contribution < -0.4 is 4.90 Å². The van der Waals surface area contributed by atoms with Crippen LogP contribution in [-0.2, 0) is 5.41 Å². The number of aromatic nitrogens is 1. The number of para-hydroxylation sites is 1. The topological polar surface area (TPSA) is 8.17 Å². The summed E-state index contributed by atoms with van der Waals surface area (Å²) < 4.78 is 2.44. The van der Waals surface area contributed by atoms with E-state index >= 15 is 0 Å². The molecule has 0 saturated heterocycles. The van der Waals surface area contributed by atoms with Crippen LogP contribution >= 0.6 is 0 Å². The highest BCUT2D eigenvalue weighted by atomic mass is 15.1. The molecular formula is C63H42N2. The molecule has 1 heterocycles. The van der Waals surface area contributed by atoms with Crippen molar-refractivity contribution in [3.8, 4) is 27.9 Å². The van der Waals surface area contributed by atoms with E-state index in [1.54, 1.807) is 0 Å². The lowest BCUT2D eigenvalue weighted by molar-refractivity contribution is 0.770. The van der Waals surface area contributed by atoms with Gasteiger partial charge in [-0.15, -0.1) is 0 Å². The average Bonchev–Trinajstić information content (AvgIpc) is 3.88. The minimum Gasteiger partial charge on any atom is -0.310 e. The van der Waals surface area contributed by atoms with Gasteiger partial charge in [0.05, 0.1) is 16.4 Å². The first kappa shape index (κ1) is 37.1. The Balaban J connectivity index is 0.966. The Morgan fingerprint density at radius 3 is 1.55 bits per heavy atom. The number of anilines is 3. The van der Waals surface area contributed by atoms with Crippen LogP contribution in [0.3, 0.4) is 0 Å². The lowest BCUT2D eigenvalue weighted by atomic mass is 9.67. The summed E-state index contributed by atoms with van der Waals surface area (Å²) in [5.74, 6) is 0. The molecule has 0 saturated carbocycles. The Morgan fingerprint density at radius 2 is 0.831 bits per heavy atom. The summed E-state index contributed by atoms with van der Waals surface area (Å²) in [6.45, 7) is 0. The van der Waals surface area contributed by atoms with Crippen molar-refractivity contribution in [2.24, 2.45) is 0 Å². The molecule has 2 nitrogen and oxygen atoms in total. The molecule has 1 aliphatic carbocycles. The van der Waals surface area contributed by atoms with Gasteiger partial charge in [0.25, 0.3) is 0 Å². The van der Waals surface area contributed by atoms with E-state index in [9.17, 15) is 0 Å². The van der Waals surface area contributed by atoms with E-state index in [1.165, 1.54) is 87.9 Å². The van der Waals surface area contributed by atoms with Crippen molar-refractivity contribution < 1.29 is 0 Å². The summed E-state index contributed by atoms with van der Waals surface area (Å²) in [4.78, 5) is 2.39. The van der Waals surface area contributed by atoms with Crippen molar-refractivity contribution in [3.63, 3.8) is 0 Å². The van der Waals surface area contributed by atoms with E-state index in [0.717, 1.165) is 22.7 Å². The molecule has 0 radical (unpaired) electrons. The maximum Gasteiger partial charge on any atom is 0.0713 e. The normalized spacial score (nSPS) is 12.7. The van der Waals surface area contributed by atoms with E-state index in [0.29, 0.717) is 0 Å². The van der Waals surface area contributed by atoms with Crippen LogP contribution in [0.2, 0.25) is 0 Å². The Bertz CT molecular complexity index is 3710. The summed E-state index contributed by atoms with van der Waals surface area (Å²) in [6.07, 6.45) is 0. The number of rotatable bonds is 7. The van der Waals surface area contributed by atoms with Crippen LogP contribution in [0, 0.1) is 0 Å². The lowest BCUT2D eigenvalue weighted by Crippen LogP contribution is -2.28. The summed E-state index contributed by atoms with van der Waals surface area (Å²) in [5.41, 5.74) is 16.5. The highest BCUT2D eigenvalue weighted by molar-refractivity contribution is 6.11. The molecule has 1 aromatic heterocycles. The number of benzene rings is 11. The first-order valence-electron chi connectivity index (χ1n) is 22.5. The zero-order valence-electron chi connectivity index (χ0n) is 35.6. The Labute approximate surface area is 378 Å². The molecule has 2 heteroatoms. The fourth-order valence-electron chi connectivity index (χ4n) is 11.0. The summed E-state index contributed by atoms with van der Waals surface area (Å²) >= 11 is 0. The Hall–Kier alpha value is -8.46. The maximum absolute atomic E-state index is 2.47. The van der Waals surface area contributed by atoms with Crippen LogP contribution in [0.4, 0.5) is 17.1 Å². The molecule has 11 aromatic carbocycles. The standard InChI is InChI=1S/C63H42N2/c1-3-15-43(16-4-1)44-29-33-49(34-30-44)64(52-35-31-46-28-27-45-17-7-8-20-53(45)57(46)42-52)50-36-38-51(39-37-50)65-61-26-14-11-23-56(61)58-41-48(32-40-62(58)65)63(47-18-5-2-6-19-47)59-24-12-9-21-54(59)55-22-10-13-25-60(55)63/h1-42H. The molecule has 0 unspecified atom stereocenters. The Morgan fingerprint density at radius 1 is 0.308 bits per heavy atom. The number of fused-ring (bicyclic) bond motifs is 9. The van der Waals surface area contributed by atoms with Gasteiger partial charge in [0.2, 0.25) is 0 Å². The number of hydrogen-bond acceptors (Lipinski definition) is 1. The second kappa shape index (κ2) is 14.8. The molecule has 0 N–H and O–H groups in total. The monoisotopic (exact) mass is 826 g/mol. The predicted molar refractivity (Wildman–Crippen MR) is 273 cm³/mol. The zero-order valence-corrected chi connectivity index (χ0v) is 35.6. The summed E-state index contributed by atoms with van der Waals surface area (Å²) in [5, 5.41) is 7.44. The minimum absolute atomic E-state index is 0.467.